The highest BCUT2D eigenvalue weighted by molar-refractivity contribution is 5.95. The Kier molecular flexibility index (Phi) is 5.81. The Hall–Kier alpha value is -1.29. The van der Waals surface area contributed by atoms with Crippen LogP contribution in [0, 0.1) is 19.8 Å². The van der Waals surface area contributed by atoms with E-state index in [0.29, 0.717) is 18.2 Å². The maximum atomic E-state index is 12.2. The Morgan fingerprint density at radius 3 is 2.40 bits per heavy atom. The van der Waals surface area contributed by atoms with Gasteiger partial charge in [-0.1, -0.05) is 20.3 Å². The van der Waals surface area contributed by atoms with Crippen molar-refractivity contribution >= 4 is 5.91 Å². The molecule has 114 valence electrons. The first kappa shape index (κ1) is 16.8. The number of aliphatic hydroxyl groups is 1. The van der Waals surface area contributed by atoms with Gasteiger partial charge in [0.05, 0.1) is 11.7 Å². The number of nitrogens with one attached hydrogen (secondary N) is 1. The summed E-state index contributed by atoms with van der Waals surface area (Å²) < 4.78 is 2.15. The number of hydrogen-bond acceptors (Lipinski definition) is 2. The highest BCUT2D eigenvalue weighted by Gasteiger charge is 2.19. The molecule has 0 aliphatic carbocycles. The molecule has 20 heavy (non-hydrogen) atoms. The first-order valence-electron chi connectivity index (χ1n) is 7.44. The predicted molar refractivity (Wildman–Crippen MR) is 82.1 cm³/mol. The molecule has 4 nitrogen and oxygen atoms in total. The summed E-state index contributed by atoms with van der Waals surface area (Å²) in [5.41, 5.74) is 2.77. The van der Waals surface area contributed by atoms with Crippen LogP contribution in [0.3, 0.4) is 0 Å². The second-order valence-corrected chi connectivity index (χ2v) is 5.91. The summed E-state index contributed by atoms with van der Waals surface area (Å²) in [6.07, 6.45) is 0.413. The van der Waals surface area contributed by atoms with Crippen molar-refractivity contribution < 1.29 is 9.90 Å². The molecule has 0 spiro atoms. The second-order valence-electron chi connectivity index (χ2n) is 5.91. The molecular weight excluding hydrogens is 252 g/mol. The highest BCUT2D eigenvalue weighted by Crippen LogP contribution is 2.20. The molecule has 0 aliphatic rings. The van der Waals surface area contributed by atoms with Gasteiger partial charge in [0, 0.05) is 24.0 Å². The molecule has 1 aromatic rings. The van der Waals surface area contributed by atoms with E-state index >= 15 is 0 Å². The molecule has 0 fully saturated rings. The number of carbonyl (C=O) groups excluding carboxylic acids is 1. The van der Waals surface area contributed by atoms with Gasteiger partial charge in [-0.2, -0.15) is 0 Å². The number of aromatic nitrogens is 1. The number of hydrogen-bond donors (Lipinski definition) is 2. The van der Waals surface area contributed by atoms with Gasteiger partial charge in [-0.15, -0.1) is 0 Å². The monoisotopic (exact) mass is 280 g/mol. The maximum Gasteiger partial charge on any atom is 0.253 e. The van der Waals surface area contributed by atoms with Crippen LogP contribution < -0.4 is 5.32 Å². The fraction of sp³-hybridized carbons (Fsp3) is 0.688. The number of nitrogens with zero attached hydrogens (tertiary/aromatic N) is 1. The van der Waals surface area contributed by atoms with Crippen molar-refractivity contribution in [2.45, 2.75) is 60.1 Å². The summed E-state index contributed by atoms with van der Waals surface area (Å²) in [4.78, 5) is 12.2. The van der Waals surface area contributed by atoms with Crippen LogP contribution in [0.2, 0.25) is 0 Å². The highest BCUT2D eigenvalue weighted by atomic mass is 16.3. The minimum absolute atomic E-state index is 0.104. The van der Waals surface area contributed by atoms with Crippen molar-refractivity contribution in [2.24, 2.45) is 5.92 Å². The third-order valence-corrected chi connectivity index (χ3v) is 4.02. The third kappa shape index (κ3) is 3.63. The van der Waals surface area contributed by atoms with Crippen molar-refractivity contribution in [3.05, 3.63) is 23.0 Å². The summed E-state index contributed by atoms with van der Waals surface area (Å²) >= 11 is 0. The molecule has 4 heteroatoms. The van der Waals surface area contributed by atoms with Crippen molar-refractivity contribution in [2.75, 3.05) is 6.54 Å². The molecular formula is C16H28N2O2. The maximum absolute atomic E-state index is 12.2. The summed E-state index contributed by atoms with van der Waals surface area (Å²) in [5, 5.41) is 12.7. The Labute approximate surface area is 122 Å². The van der Waals surface area contributed by atoms with Gasteiger partial charge in [0.2, 0.25) is 0 Å². The smallest absolute Gasteiger partial charge is 0.253 e. The lowest BCUT2D eigenvalue weighted by atomic mass is 10.0. The zero-order chi connectivity index (χ0) is 15.4. The summed E-state index contributed by atoms with van der Waals surface area (Å²) in [5.74, 6) is 0.0887. The first-order chi connectivity index (χ1) is 9.29. The van der Waals surface area contributed by atoms with Crippen LogP contribution in [0.25, 0.3) is 0 Å². The summed E-state index contributed by atoms with van der Waals surface area (Å²) in [7, 11) is 0. The molecule has 0 saturated heterocycles. The number of aryl methyl sites for hydroxylation is 1. The number of carbonyl (C=O) groups is 1. The molecule has 2 atom stereocenters. The number of rotatable bonds is 6. The average Bonchev–Trinajstić information content (AvgIpc) is 2.69. The van der Waals surface area contributed by atoms with Gasteiger partial charge in [-0.3, -0.25) is 4.79 Å². The van der Waals surface area contributed by atoms with E-state index in [4.69, 9.17) is 0 Å². The Bertz CT molecular complexity index is 463. The van der Waals surface area contributed by atoms with Gasteiger partial charge >= 0.3 is 0 Å². The topological polar surface area (TPSA) is 54.3 Å². The Balaban J connectivity index is 2.77. The van der Waals surface area contributed by atoms with Crippen molar-refractivity contribution in [1.82, 2.24) is 9.88 Å². The van der Waals surface area contributed by atoms with Crippen molar-refractivity contribution in [3.8, 4) is 0 Å². The molecule has 1 amide bonds. The SMILES string of the molecule is CCC(C)C(O)CNC(=O)c1cc(C)n(C(C)C)c1C. The summed E-state index contributed by atoms with van der Waals surface area (Å²) in [6, 6.07) is 2.25. The van der Waals surface area contributed by atoms with E-state index in [0.717, 1.165) is 17.8 Å². The van der Waals surface area contributed by atoms with Crippen LogP contribution in [0.4, 0.5) is 0 Å². The number of aliphatic hydroxyl groups excluding tert-OH is 1. The lowest BCUT2D eigenvalue weighted by Gasteiger charge is -2.17. The normalized spacial score (nSPS) is 14.4. The molecule has 0 radical (unpaired) electrons. The van der Waals surface area contributed by atoms with Gasteiger partial charge in [0.25, 0.3) is 5.91 Å². The lowest BCUT2D eigenvalue weighted by Crippen LogP contribution is -2.35. The van der Waals surface area contributed by atoms with Crippen molar-refractivity contribution in [3.63, 3.8) is 0 Å². The molecule has 2 N–H and O–H groups in total. The lowest BCUT2D eigenvalue weighted by molar-refractivity contribution is 0.0849. The van der Waals surface area contributed by atoms with Crippen LogP contribution in [-0.2, 0) is 0 Å². The molecule has 0 bridgehead atoms. The summed E-state index contributed by atoms with van der Waals surface area (Å²) in [6.45, 7) is 12.5. The largest absolute Gasteiger partial charge is 0.391 e. The quantitative estimate of drug-likeness (QED) is 0.842. The van der Waals surface area contributed by atoms with E-state index in [9.17, 15) is 9.90 Å². The fourth-order valence-electron chi connectivity index (χ4n) is 2.57. The van der Waals surface area contributed by atoms with Gasteiger partial charge < -0.3 is 15.0 Å². The minimum atomic E-state index is -0.488. The second kappa shape index (κ2) is 6.93. The van der Waals surface area contributed by atoms with E-state index < -0.39 is 6.10 Å². The molecule has 1 rings (SSSR count). The molecule has 2 unspecified atom stereocenters. The van der Waals surface area contributed by atoms with Crippen LogP contribution in [0.5, 0.6) is 0 Å². The van der Waals surface area contributed by atoms with Crippen LogP contribution >= 0.6 is 0 Å². The minimum Gasteiger partial charge on any atom is -0.391 e. The first-order valence-corrected chi connectivity index (χ1v) is 7.44. The van der Waals surface area contributed by atoms with Crippen LogP contribution in [-0.4, -0.2) is 28.2 Å². The average molecular weight is 280 g/mol. The van der Waals surface area contributed by atoms with Crippen LogP contribution in [0.15, 0.2) is 6.07 Å². The zero-order valence-corrected chi connectivity index (χ0v) is 13.5. The van der Waals surface area contributed by atoms with Gasteiger partial charge in [-0.05, 0) is 39.7 Å². The molecule has 0 aliphatic heterocycles. The molecule has 1 heterocycles. The van der Waals surface area contributed by atoms with E-state index in [1.54, 1.807) is 0 Å². The standard InChI is InChI=1S/C16H28N2O2/c1-7-11(4)15(19)9-17-16(20)14-8-12(5)18(10(2)3)13(14)6/h8,10-11,15,19H,7,9H2,1-6H3,(H,17,20). The van der Waals surface area contributed by atoms with Gasteiger partial charge in [0.1, 0.15) is 0 Å². The van der Waals surface area contributed by atoms with E-state index in [1.807, 2.05) is 33.8 Å². The molecule has 0 aromatic carbocycles. The Morgan fingerprint density at radius 2 is 1.95 bits per heavy atom. The van der Waals surface area contributed by atoms with E-state index in [2.05, 4.69) is 23.7 Å². The van der Waals surface area contributed by atoms with Gasteiger partial charge in [0.15, 0.2) is 0 Å². The predicted octanol–water partition coefficient (Wildman–Crippen LogP) is 2.82. The molecule has 0 saturated carbocycles. The molecule has 1 aromatic heterocycles. The fourth-order valence-corrected chi connectivity index (χ4v) is 2.57. The Morgan fingerprint density at radius 1 is 1.35 bits per heavy atom. The van der Waals surface area contributed by atoms with Crippen LogP contribution in [0.1, 0.15) is 61.9 Å². The van der Waals surface area contributed by atoms with Gasteiger partial charge in [-0.25, -0.2) is 0 Å². The zero-order valence-electron chi connectivity index (χ0n) is 13.5. The van der Waals surface area contributed by atoms with Crippen molar-refractivity contribution in [1.29, 1.82) is 0 Å². The third-order valence-electron chi connectivity index (χ3n) is 4.02. The van der Waals surface area contributed by atoms with E-state index in [-0.39, 0.29) is 11.8 Å². The van der Waals surface area contributed by atoms with E-state index in [1.165, 1.54) is 0 Å². The number of amides is 1.